The Balaban J connectivity index is 2.96. The largest absolute Gasteiger partial charge is 0.506 e. The van der Waals surface area contributed by atoms with Gasteiger partial charge in [0.05, 0.1) is 12.8 Å². The van der Waals surface area contributed by atoms with Crippen LogP contribution in [0, 0.1) is 0 Å². The molecule has 16 heavy (non-hydrogen) atoms. The van der Waals surface area contributed by atoms with Crippen LogP contribution in [0.2, 0.25) is 0 Å². The second kappa shape index (κ2) is 5.04. The van der Waals surface area contributed by atoms with Gasteiger partial charge in [-0.15, -0.1) is 0 Å². The van der Waals surface area contributed by atoms with Crippen molar-refractivity contribution in [3.63, 3.8) is 0 Å². The second-order valence-corrected chi connectivity index (χ2v) is 4.49. The highest BCUT2D eigenvalue weighted by molar-refractivity contribution is 7.90. The summed E-state index contributed by atoms with van der Waals surface area (Å²) in [5.74, 6) is 0.286. The summed E-state index contributed by atoms with van der Waals surface area (Å²) in [6, 6.07) is 4.27. The molecule has 0 aromatic heterocycles. The van der Waals surface area contributed by atoms with E-state index in [1.54, 1.807) is 6.92 Å². The van der Waals surface area contributed by atoms with Crippen LogP contribution in [0.3, 0.4) is 0 Å². The molecule has 0 aliphatic heterocycles. The summed E-state index contributed by atoms with van der Waals surface area (Å²) in [5.41, 5.74) is 0.0697. The Bertz CT molecular complexity index is 459. The van der Waals surface area contributed by atoms with E-state index < -0.39 is 10.2 Å². The fourth-order valence-corrected chi connectivity index (χ4v) is 2.00. The third kappa shape index (κ3) is 3.28. The quantitative estimate of drug-likeness (QED) is 0.666. The van der Waals surface area contributed by atoms with Gasteiger partial charge < -0.3 is 9.84 Å². The molecule has 0 radical (unpaired) electrons. The van der Waals surface area contributed by atoms with Crippen LogP contribution in [0.5, 0.6) is 11.5 Å². The lowest BCUT2D eigenvalue weighted by atomic mass is 10.3. The number of nitrogens with one attached hydrogen (secondary N) is 2. The number of aromatic hydroxyl groups is 1. The van der Waals surface area contributed by atoms with E-state index in [1.807, 2.05) is 0 Å². The lowest BCUT2D eigenvalue weighted by Crippen LogP contribution is -2.29. The van der Waals surface area contributed by atoms with E-state index in [-0.39, 0.29) is 18.0 Å². The van der Waals surface area contributed by atoms with Gasteiger partial charge in [-0.05, 0) is 12.1 Å². The van der Waals surface area contributed by atoms with Gasteiger partial charge in [-0.3, -0.25) is 4.72 Å². The van der Waals surface area contributed by atoms with Gasteiger partial charge in [0.25, 0.3) is 10.2 Å². The first-order valence-electron chi connectivity index (χ1n) is 4.63. The maximum Gasteiger partial charge on any atom is 0.299 e. The number of ether oxygens (including phenoxy) is 1. The van der Waals surface area contributed by atoms with Crippen molar-refractivity contribution in [3.8, 4) is 11.5 Å². The van der Waals surface area contributed by atoms with Crippen molar-refractivity contribution < 1.29 is 18.3 Å². The molecule has 6 nitrogen and oxygen atoms in total. The highest BCUT2D eigenvalue weighted by Gasteiger charge is 2.11. The van der Waals surface area contributed by atoms with E-state index in [1.165, 1.54) is 25.3 Å². The minimum absolute atomic E-state index is 0.0697. The number of anilines is 1. The van der Waals surface area contributed by atoms with Gasteiger partial charge in [-0.2, -0.15) is 13.1 Å². The Kier molecular flexibility index (Phi) is 3.97. The van der Waals surface area contributed by atoms with Gasteiger partial charge in [0, 0.05) is 12.6 Å². The van der Waals surface area contributed by atoms with E-state index in [0.717, 1.165) is 0 Å². The van der Waals surface area contributed by atoms with Gasteiger partial charge in [0.2, 0.25) is 0 Å². The van der Waals surface area contributed by atoms with E-state index in [2.05, 4.69) is 9.44 Å². The molecule has 0 bridgehead atoms. The zero-order valence-corrected chi connectivity index (χ0v) is 9.84. The average Bonchev–Trinajstić information content (AvgIpc) is 2.21. The summed E-state index contributed by atoms with van der Waals surface area (Å²) >= 11 is 0. The molecule has 1 rings (SSSR count). The highest BCUT2D eigenvalue weighted by Crippen LogP contribution is 2.28. The topological polar surface area (TPSA) is 87.7 Å². The third-order valence-corrected chi connectivity index (χ3v) is 2.94. The molecule has 0 heterocycles. The zero-order valence-electron chi connectivity index (χ0n) is 9.02. The SMILES string of the molecule is CCNS(=O)(=O)Nc1cc(OC)ccc1O. The Morgan fingerprint density at radius 2 is 2.12 bits per heavy atom. The molecule has 0 saturated carbocycles. The van der Waals surface area contributed by atoms with Crippen LogP contribution in [0.25, 0.3) is 0 Å². The van der Waals surface area contributed by atoms with Crippen LogP contribution in [-0.2, 0) is 10.2 Å². The molecule has 0 spiro atoms. The Labute approximate surface area is 94.4 Å². The second-order valence-electron chi connectivity index (χ2n) is 2.99. The fraction of sp³-hybridized carbons (Fsp3) is 0.333. The number of rotatable bonds is 5. The first-order chi connectivity index (χ1) is 7.48. The summed E-state index contributed by atoms with van der Waals surface area (Å²) in [6.07, 6.45) is 0. The molecular formula is C9H14N2O4S. The summed E-state index contributed by atoms with van der Waals surface area (Å²) in [5, 5.41) is 9.45. The van der Waals surface area contributed by atoms with Crippen molar-refractivity contribution >= 4 is 15.9 Å². The van der Waals surface area contributed by atoms with Gasteiger partial charge in [-0.25, -0.2) is 0 Å². The Morgan fingerprint density at radius 1 is 1.44 bits per heavy atom. The molecule has 0 saturated heterocycles. The smallest absolute Gasteiger partial charge is 0.299 e. The molecule has 3 N–H and O–H groups in total. The van der Waals surface area contributed by atoms with Crippen LogP contribution < -0.4 is 14.2 Å². The fourth-order valence-electron chi connectivity index (χ4n) is 1.09. The number of benzene rings is 1. The Morgan fingerprint density at radius 3 is 2.69 bits per heavy atom. The van der Waals surface area contributed by atoms with Crippen molar-refractivity contribution in [2.75, 3.05) is 18.4 Å². The van der Waals surface area contributed by atoms with E-state index in [4.69, 9.17) is 4.74 Å². The van der Waals surface area contributed by atoms with Crippen LogP contribution in [0.4, 0.5) is 5.69 Å². The molecule has 0 fully saturated rings. The van der Waals surface area contributed by atoms with E-state index in [9.17, 15) is 13.5 Å². The van der Waals surface area contributed by atoms with Gasteiger partial charge >= 0.3 is 0 Å². The standard InChI is InChI=1S/C9H14N2O4S/c1-3-10-16(13,14)11-8-6-7(15-2)4-5-9(8)12/h4-6,10-12H,3H2,1-2H3. The van der Waals surface area contributed by atoms with Crippen molar-refractivity contribution in [2.24, 2.45) is 0 Å². The van der Waals surface area contributed by atoms with Gasteiger partial charge in [0.1, 0.15) is 11.5 Å². The van der Waals surface area contributed by atoms with Gasteiger partial charge in [0.15, 0.2) is 0 Å². The maximum atomic E-state index is 11.4. The van der Waals surface area contributed by atoms with Crippen LogP contribution in [0.15, 0.2) is 18.2 Å². The van der Waals surface area contributed by atoms with Crippen LogP contribution >= 0.6 is 0 Å². The first kappa shape index (κ1) is 12.6. The third-order valence-electron chi connectivity index (χ3n) is 1.78. The van der Waals surface area contributed by atoms with E-state index >= 15 is 0 Å². The summed E-state index contributed by atoms with van der Waals surface area (Å²) in [6.45, 7) is 1.92. The van der Waals surface area contributed by atoms with Crippen molar-refractivity contribution in [1.29, 1.82) is 0 Å². The van der Waals surface area contributed by atoms with E-state index in [0.29, 0.717) is 5.75 Å². The number of phenolic OH excluding ortho intramolecular Hbond substituents is 1. The predicted octanol–water partition coefficient (Wildman–Crippen LogP) is 0.667. The lowest BCUT2D eigenvalue weighted by Gasteiger charge is -2.10. The molecule has 0 aliphatic rings. The monoisotopic (exact) mass is 246 g/mol. The molecule has 90 valence electrons. The lowest BCUT2D eigenvalue weighted by molar-refractivity contribution is 0.413. The molecule has 0 amide bonds. The number of methoxy groups -OCH3 is 1. The first-order valence-corrected chi connectivity index (χ1v) is 6.11. The summed E-state index contributed by atoms with van der Waals surface area (Å²) in [4.78, 5) is 0. The normalized spacial score (nSPS) is 11.1. The molecule has 0 atom stereocenters. The number of hydrogen-bond donors (Lipinski definition) is 3. The van der Waals surface area contributed by atoms with Crippen LogP contribution in [-0.4, -0.2) is 27.2 Å². The average molecular weight is 246 g/mol. The van der Waals surface area contributed by atoms with Crippen molar-refractivity contribution in [2.45, 2.75) is 6.92 Å². The Hall–Kier alpha value is -1.47. The summed E-state index contributed by atoms with van der Waals surface area (Å²) in [7, 11) is -2.19. The minimum atomic E-state index is -3.65. The molecule has 1 aromatic carbocycles. The maximum absolute atomic E-state index is 11.4. The summed E-state index contributed by atoms with van der Waals surface area (Å²) < 4.78 is 32.1. The van der Waals surface area contributed by atoms with Crippen LogP contribution in [0.1, 0.15) is 6.92 Å². The number of hydrogen-bond acceptors (Lipinski definition) is 4. The molecule has 7 heteroatoms. The minimum Gasteiger partial charge on any atom is -0.506 e. The number of phenols is 1. The zero-order chi connectivity index (χ0) is 12.2. The predicted molar refractivity (Wildman–Crippen MR) is 60.9 cm³/mol. The van der Waals surface area contributed by atoms with Crippen molar-refractivity contribution in [3.05, 3.63) is 18.2 Å². The highest BCUT2D eigenvalue weighted by atomic mass is 32.2. The van der Waals surface area contributed by atoms with Crippen molar-refractivity contribution in [1.82, 2.24) is 4.72 Å². The van der Waals surface area contributed by atoms with Gasteiger partial charge in [-0.1, -0.05) is 6.92 Å². The molecular weight excluding hydrogens is 232 g/mol. The molecule has 1 aromatic rings. The molecule has 0 aliphatic carbocycles. The molecule has 0 unspecified atom stereocenters.